The lowest BCUT2D eigenvalue weighted by molar-refractivity contribution is 0.636. The fraction of sp³-hybridized carbons (Fsp3) is 0.600. The number of hydrogen-bond acceptors (Lipinski definition) is 3. The molecule has 0 unspecified atom stereocenters. The van der Waals surface area contributed by atoms with Gasteiger partial charge in [0.05, 0.1) is 12.4 Å². The fourth-order valence-corrected chi connectivity index (χ4v) is 1.81. The largest absolute Gasteiger partial charge is 0.363 e. The van der Waals surface area contributed by atoms with Gasteiger partial charge in [-0.05, 0) is 19.3 Å². The van der Waals surface area contributed by atoms with E-state index in [0.29, 0.717) is 10.7 Å². The molecular formula is C10H14ClN3. The van der Waals surface area contributed by atoms with Crippen LogP contribution in [0.15, 0.2) is 12.4 Å². The highest BCUT2D eigenvalue weighted by atomic mass is 35.5. The Morgan fingerprint density at radius 3 is 2.71 bits per heavy atom. The number of nitrogens with one attached hydrogen (secondary N) is 1. The number of aromatic nitrogens is 2. The van der Waals surface area contributed by atoms with E-state index in [9.17, 15) is 0 Å². The van der Waals surface area contributed by atoms with Crippen molar-refractivity contribution < 1.29 is 0 Å². The van der Waals surface area contributed by atoms with E-state index in [2.05, 4.69) is 22.2 Å². The van der Waals surface area contributed by atoms with Crippen molar-refractivity contribution >= 4 is 17.4 Å². The molecule has 1 heterocycles. The Morgan fingerprint density at radius 1 is 1.43 bits per heavy atom. The molecule has 0 atom stereocenters. The summed E-state index contributed by atoms with van der Waals surface area (Å²) in [6.45, 7) is 2.20. The summed E-state index contributed by atoms with van der Waals surface area (Å²) >= 11 is 5.66. The lowest BCUT2D eigenvalue weighted by Gasteiger charge is -2.16. The number of halogens is 1. The van der Waals surface area contributed by atoms with Gasteiger partial charge in [-0.1, -0.05) is 24.9 Å². The van der Waals surface area contributed by atoms with Crippen LogP contribution in [0.1, 0.15) is 32.6 Å². The first-order valence-electron chi connectivity index (χ1n) is 5.00. The normalized spacial score (nSPS) is 17.9. The van der Waals surface area contributed by atoms with Crippen molar-refractivity contribution in [2.24, 2.45) is 0 Å². The monoisotopic (exact) mass is 211 g/mol. The number of hydrogen-bond donors (Lipinski definition) is 1. The Kier molecular flexibility index (Phi) is 2.59. The molecule has 0 saturated heterocycles. The fourth-order valence-electron chi connectivity index (χ4n) is 1.72. The minimum Gasteiger partial charge on any atom is -0.363 e. The first-order chi connectivity index (χ1) is 6.74. The Morgan fingerprint density at radius 2 is 2.21 bits per heavy atom. The zero-order chi connectivity index (χ0) is 10.0. The van der Waals surface area contributed by atoms with Crippen LogP contribution in [0.2, 0.25) is 5.15 Å². The molecular weight excluding hydrogens is 198 g/mol. The molecule has 2 rings (SSSR count). The molecule has 1 aromatic rings. The number of anilines is 1. The zero-order valence-electron chi connectivity index (χ0n) is 8.26. The van der Waals surface area contributed by atoms with Gasteiger partial charge in [-0.2, -0.15) is 0 Å². The van der Waals surface area contributed by atoms with Crippen molar-refractivity contribution in [3.05, 3.63) is 17.5 Å². The highest BCUT2D eigenvalue weighted by Crippen LogP contribution is 2.42. The molecule has 0 aliphatic heterocycles. The second-order valence-corrected chi connectivity index (χ2v) is 4.27. The third kappa shape index (κ3) is 2.15. The topological polar surface area (TPSA) is 37.8 Å². The Balaban J connectivity index is 2.00. The van der Waals surface area contributed by atoms with Crippen LogP contribution in [0.3, 0.4) is 0 Å². The van der Waals surface area contributed by atoms with Crippen LogP contribution in [-0.4, -0.2) is 15.5 Å². The molecule has 1 fully saturated rings. The molecule has 14 heavy (non-hydrogen) atoms. The van der Waals surface area contributed by atoms with Crippen LogP contribution >= 0.6 is 11.6 Å². The summed E-state index contributed by atoms with van der Waals surface area (Å²) in [5.41, 5.74) is 0.303. The highest BCUT2D eigenvalue weighted by Gasteiger charge is 2.41. The predicted molar refractivity (Wildman–Crippen MR) is 57.5 cm³/mol. The van der Waals surface area contributed by atoms with Crippen LogP contribution < -0.4 is 5.32 Å². The Hall–Kier alpha value is -0.830. The van der Waals surface area contributed by atoms with E-state index in [4.69, 9.17) is 11.6 Å². The molecule has 3 nitrogen and oxygen atoms in total. The van der Waals surface area contributed by atoms with Gasteiger partial charge >= 0.3 is 0 Å². The van der Waals surface area contributed by atoms with Crippen molar-refractivity contribution in [2.45, 2.75) is 38.1 Å². The van der Waals surface area contributed by atoms with Crippen molar-refractivity contribution in [2.75, 3.05) is 5.32 Å². The van der Waals surface area contributed by atoms with Crippen LogP contribution in [-0.2, 0) is 0 Å². The third-order valence-corrected chi connectivity index (χ3v) is 2.79. The first-order valence-corrected chi connectivity index (χ1v) is 5.38. The van der Waals surface area contributed by atoms with Gasteiger partial charge in [0.1, 0.15) is 11.0 Å². The summed E-state index contributed by atoms with van der Waals surface area (Å²) < 4.78 is 0. The van der Waals surface area contributed by atoms with E-state index in [1.54, 1.807) is 12.4 Å². The van der Waals surface area contributed by atoms with E-state index >= 15 is 0 Å². The maximum atomic E-state index is 5.66. The minimum atomic E-state index is 0.303. The summed E-state index contributed by atoms with van der Waals surface area (Å²) in [5, 5.41) is 3.87. The van der Waals surface area contributed by atoms with Gasteiger partial charge < -0.3 is 5.32 Å². The van der Waals surface area contributed by atoms with Gasteiger partial charge in [0, 0.05) is 5.54 Å². The molecule has 1 N–H and O–H groups in total. The number of nitrogens with zero attached hydrogens (tertiary/aromatic N) is 2. The van der Waals surface area contributed by atoms with Crippen LogP contribution in [0.25, 0.3) is 0 Å². The minimum absolute atomic E-state index is 0.303. The second-order valence-electron chi connectivity index (χ2n) is 3.88. The molecule has 1 saturated carbocycles. The lowest BCUT2D eigenvalue weighted by Crippen LogP contribution is -2.21. The van der Waals surface area contributed by atoms with Gasteiger partial charge in [-0.3, -0.25) is 0 Å². The van der Waals surface area contributed by atoms with E-state index in [1.165, 1.54) is 25.7 Å². The van der Waals surface area contributed by atoms with Crippen molar-refractivity contribution in [1.82, 2.24) is 9.97 Å². The van der Waals surface area contributed by atoms with Crippen molar-refractivity contribution in [1.29, 1.82) is 0 Å². The van der Waals surface area contributed by atoms with Gasteiger partial charge in [0.15, 0.2) is 0 Å². The quantitative estimate of drug-likeness (QED) is 0.832. The molecule has 0 aromatic carbocycles. The smallest absolute Gasteiger partial charge is 0.147 e. The average Bonchev–Trinajstić information content (AvgIpc) is 2.90. The molecule has 76 valence electrons. The van der Waals surface area contributed by atoms with Gasteiger partial charge in [0.2, 0.25) is 0 Å². The summed E-state index contributed by atoms with van der Waals surface area (Å²) in [6, 6.07) is 0. The molecule has 1 aliphatic carbocycles. The summed E-state index contributed by atoms with van der Waals surface area (Å²) in [7, 11) is 0. The van der Waals surface area contributed by atoms with Crippen LogP contribution in [0.4, 0.5) is 5.82 Å². The van der Waals surface area contributed by atoms with Crippen LogP contribution in [0.5, 0.6) is 0 Å². The maximum Gasteiger partial charge on any atom is 0.147 e. The number of rotatable bonds is 4. The second kappa shape index (κ2) is 3.73. The van der Waals surface area contributed by atoms with Crippen molar-refractivity contribution in [3.63, 3.8) is 0 Å². The SMILES string of the molecule is CCCC1(Nc2cnc(Cl)cn2)CC1. The molecule has 1 aromatic heterocycles. The van der Waals surface area contributed by atoms with Gasteiger partial charge in [-0.25, -0.2) is 9.97 Å². The summed E-state index contributed by atoms with van der Waals surface area (Å²) in [4.78, 5) is 8.17. The molecule has 0 bridgehead atoms. The Bertz CT molecular complexity index is 306. The van der Waals surface area contributed by atoms with E-state index in [0.717, 1.165) is 5.82 Å². The third-order valence-electron chi connectivity index (χ3n) is 2.60. The zero-order valence-corrected chi connectivity index (χ0v) is 9.01. The molecule has 0 amide bonds. The highest BCUT2D eigenvalue weighted by molar-refractivity contribution is 6.29. The van der Waals surface area contributed by atoms with E-state index in [-0.39, 0.29) is 0 Å². The van der Waals surface area contributed by atoms with E-state index < -0.39 is 0 Å². The molecule has 4 heteroatoms. The maximum absolute atomic E-state index is 5.66. The van der Waals surface area contributed by atoms with Gasteiger partial charge in [0.25, 0.3) is 0 Å². The molecule has 1 aliphatic rings. The molecule has 0 spiro atoms. The lowest BCUT2D eigenvalue weighted by atomic mass is 10.1. The van der Waals surface area contributed by atoms with Gasteiger partial charge in [-0.15, -0.1) is 0 Å². The molecule has 0 radical (unpaired) electrons. The summed E-state index contributed by atoms with van der Waals surface area (Å²) in [5.74, 6) is 0.834. The van der Waals surface area contributed by atoms with E-state index in [1.807, 2.05) is 0 Å². The first kappa shape index (κ1) is 9.71. The summed E-state index contributed by atoms with van der Waals surface area (Å²) in [6.07, 6.45) is 8.16. The van der Waals surface area contributed by atoms with Crippen molar-refractivity contribution in [3.8, 4) is 0 Å². The Labute approximate surface area is 88.9 Å². The van der Waals surface area contributed by atoms with Crippen LogP contribution in [0, 0.1) is 0 Å². The predicted octanol–water partition coefficient (Wildman–Crippen LogP) is 2.87. The average molecular weight is 212 g/mol. The standard InChI is InChI=1S/C10H14ClN3/c1-2-3-10(4-5-10)14-9-7-12-8(11)6-13-9/h6-7H,2-5H2,1H3,(H,13,14).